The third-order valence-corrected chi connectivity index (χ3v) is 10.7. The molecule has 0 aromatic rings. The van der Waals surface area contributed by atoms with Gasteiger partial charge in [-0.25, -0.2) is 0 Å². The minimum atomic E-state index is -0.802. The number of hydrogen-bond acceptors (Lipinski definition) is 6. The molecule has 0 saturated heterocycles. The molecule has 0 spiro atoms. The average molecular weight is 901 g/mol. The van der Waals surface area contributed by atoms with Gasteiger partial charge in [0.25, 0.3) is 0 Å². The molecule has 0 radical (unpaired) electrons. The summed E-state index contributed by atoms with van der Waals surface area (Å²) in [5.74, 6) is -0.956. The zero-order chi connectivity index (χ0) is 47.2. The van der Waals surface area contributed by atoms with E-state index in [4.69, 9.17) is 14.2 Å². The molecule has 0 amide bonds. The highest BCUT2D eigenvalue weighted by Gasteiger charge is 2.19. The van der Waals surface area contributed by atoms with Crippen LogP contribution in [0.2, 0.25) is 0 Å². The molecular formula is C59H96O6. The SMILES string of the molecule is CC/C=C\C/C=C\C/C=C\C/C=C\C/C=C\CCCCCCCCCC(=O)OCC(COC(=O)CCCCCCC/C=C\CCCC)OC(=O)CCCCC/C=C\C/C=C\C/C=C\CC. The Morgan fingerprint density at radius 2 is 0.600 bits per heavy atom. The fourth-order valence-corrected chi connectivity index (χ4v) is 6.82. The fraction of sp³-hybridized carbons (Fsp3) is 0.644. The average Bonchev–Trinajstić information content (AvgIpc) is 3.30. The maximum Gasteiger partial charge on any atom is 0.306 e. The molecule has 0 heterocycles. The monoisotopic (exact) mass is 901 g/mol. The molecule has 0 bridgehead atoms. The first-order valence-corrected chi connectivity index (χ1v) is 26.4. The molecule has 0 aliphatic heterocycles. The Hall–Kier alpha value is -3.93. The quantitative estimate of drug-likeness (QED) is 0.0262. The molecule has 0 aliphatic carbocycles. The number of hydrogen-bond donors (Lipinski definition) is 0. The van der Waals surface area contributed by atoms with Gasteiger partial charge in [-0.15, -0.1) is 0 Å². The number of allylic oxidation sites excluding steroid dienone is 18. The molecule has 0 fully saturated rings. The van der Waals surface area contributed by atoms with Gasteiger partial charge < -0.3 is 14.2 Å². The number of carbonyl (C=O) groups excluding carboxylic acids is 3. The molecular weight excluding hydrogens is 805 g/mol. The van der Waals surface area contributed by atoms with Crippen LogP contribution in [0.5, 0.6) is 0 Å². The van der Waals surface area contributed by atoms with E-state index in [9.17, 15) is 14.4 Å². The molecule has 0 aromatic carbocycles. The highest BCUT2D eigenvalue weighted by molar-refractivity contribution is 5.71. The molecule has 0 aliphatic rings. The molecule has 1 unspecified atom stereocenters. The highest BCUT2D eigenvalue weighted by Crippen LogP contribution is 2.13. The summed E-state index contributed by atoms with van der Waals surface area (Å²) >= 11 is 0. The number of unbranched alkanes of at least 4 members (excludes halogenated alkanes) is 17. The lowest BCUT2D eigenvalue weighted by molar-refractivity contribution is -0.167. The summed E-state index contributed by atoms with van der Waals surface area (Å²) in [5, 5.41) is 0. The second kappa shape index (κ2) is 52.7. The van der Waals surface area contributed by atoms with Crippen molar-refractivity contribution in [3.63, 3.8) is 0 Å². The molecule has 1 atom stereocenters. The largest absolute Gasteiger partial charge is 0.462 e. The van der Waals surface area contributed by atoms with E-state index in [0.717, 1.165) is 135 Å². The van der Waals surface area contributed by atoms with Gasteiger partial charge in [0.2, 0.25) is 0 Å². The van der Waals surface area contributed by atoms with Crippen LogP contribution in [0.3, 0.4) is 0 Å². The van der Waals surface area contributed by atoms with Crippen LogP contribution in [0.4, 0.5) is 0 Å². The third-order valence-electron chi connectivity index (χ3n) is 10.7. The minimum Gasteiger partial charge on any atom is -0.462 e. The summed E-state index contributed by atoms with van der Waals surface area (Å²) < 4.78 is 16.7. The first-order chi connectivity index (χ1) is 32.0. The summed E-state index contributed by atoms with van der Waals surface area (Å²) in [6.45, 7) is 6.31. The Kier molecular flexibility index (Phi) is 49.5. The van der Waals surface area contributed by atoms with Crippen LogP contribution in [0.15, 0.2) is 109 Å². The van der Waals surface area contributed by atoms with Crippen molar-refractivity contribution in [2.45, 2.75) is 232 Å². The van der Waals surface area contributed by atoms with E-state index >= 15 is 0 Å². The van der Waals surface area contributed by atoms with Crippen molar-refractivity contribution in [1.82, 2.24) is 0 Å². The van der Waals surface area contributed by atoms with Gasteiger partial charge in [-0.3, -0.25) is 14.4 Å². The van der Waals surface area contributed by atoms with Crippen LogP contribution >= 0.6 is 0 Å². The van der Waals surface area contributed by atoms with Crippen LogP contribution < -0.4 is 0 Å². The van der Waals surface area contributed by atoms with Gasteiger partial charge in [0.1, 0.15) is 13.2 Å². The van der Waals surface area contributed by atoms with E-state index in [1.165, 1.54) is 51.4 Å². The Morgan fingerprint density at radius 1 is 0.323 bits per heavy atom. The standard InChI is InChI=1S/C59H96O6/c1-4-7-10-13-16-19-22-24-25-26-27-28-29-30-31-32-33-35-37-40-43-46-49-52-58(61)64-55-56(54-63-57(60)51-48-45-42-39-36-21-18-15-12-9-6-3)65-59(62)53-50-47-44-41-38-34-23-20-17-14-11-8-5-2/h7-8,10-11,15-20,24-25,27-28,30-31,34,38,56H,4-6,9,12-14,21-23,26,29,32-33,35-37,39-55H2,1-3H3/b10-7-,11-8-,18-15-,19-16-,20-17-,25-24-,28-27-,31-30-,38-34-. The van der Waals surface area contributed by atoms with Crippen molar-refractivity contribution in [2.75, 3.05) is 13.2 Å². The molecule has 0 N–H and O–H groups in total. The van der Waals surface area contributed by atoms with Crippen LogP contribution in [0, 0.1) is 0 Å². The van der Waals surface area contributed by atoms with Crippen LogP contribution in [-0.4, -0.2) is 37.2 Å². The van der Waals surface area contributed by atoms with Gasteiger partial charge >= 0.3 is 17.9 Å². The van der Waals surface area contributed by atoms with E-state index in [1.807, 2.05) is 0 Å². The van der Waals surface area contributed by atoms with Crippen molar-refractivity contribution in [2.24, 2.45) is 0 Å². The van der Waals surface area contributed by atoms with E-state index < -0.39 is 6.10 Å². The van der Waals surface area contributed by atoms with E-state index in [2.05, 4.69) is 130 Å². The lowest BCUT2D eigenvalue weighted by atomic mass is 10.1. The Balaban J connectivity index is 4.37. The van der Waals surface area contributed by atoms with Crippen molar-refractivity contribution in [1.29, 1.82) is 0 Å². The topological polar surface area (TPSA) is 78.9 Å². The molecule has 65 heavy (non-hydrogen) atoms. The van der Waals surface area contributed by atoms with Crippen molar-refractivity contribution in [3.05, 3.63) is 109 Å². The molecule has 6 heteroatoms. The van der Waals surface area contributed by atoms with E-state index in [1.54, 1.807) is 0 Å². The maximum absolute atomic E-state index is 12.8. The van der Waals surface area contributed by atoms with Crippen molar-refractivity contribution < 1.29 is 28.6 Å². The number of carbonyl (C=O) groups is 3. The zero-order valence-electron chi connectivity index (χ0n) is 42.0. The summed E-state index contributed by atoms with van der Waals surface area (Å²) in [6.07, 6.45) is 70.8. The lowest BCUT2D eigenvalue weighted by Crippen LogP contribution is -2.30. The summed E-state index contributed by atoms with van der Waals surface area (Å²) in [6, 6.07) is 0. The molecule has 0 rings (SSSR count). The van der Waals surface area contributed by atoms with Gasteiger partial charge in [-0.1, -0.05) is 201 Å². The van der Waals surface area contributed by atoms with Crippen LogP contribution in [0.1, 0.15) is 226 Å². The molecule has 0 saturated carbocycles. The van der Waals surface area contributed by atoms with E-state index in [0.29, 0.717) is 12.8 Å². The summed E-state index contributed by atoms with van der Waals surface area (Å²) in [7, 11) is 0. The van der Waals surface area contributed by atoms with Crippen LogP contribution in [0.25, 0.3) is 0 Å². The van der Waals surface area contributed by atoms with Gasteiger partial charge in [0.15, 0.2) is 6.10 Å². The maximum atomic E-state index is 12.8. The minimum absolute atomic E-state index is 0.0998. The summed E-state index contributed by atoms with van der Waals surface area (Å²) in [4.78, 5) is 38.0. The Morgan fingerprint density at radius 3 is 0.969 bits per heavy atom. The van der Waals surface area contributed by atoms with Gasteiger partial charge in [0, 0.05) is 19.3 Å². The second-order valence-corrected chi connectivity index (χ2v) is 17.0. The van der Waals surface area contributed by atoms with Crippen molar-refractivity contribution in [3.8, 4) is 0 Å². The predicted octanol–water partition coefficient (Wildman–Crippen LogP) is 17.5. The fourth-order valence-electron chi connectivity index (χ4n) is 6.82. The molecule has 368 valence electrons. The first kappa shape index (κ1) is 61.1. The lowest BCUT2D eigenvalue weighted by Gasteiger charge is -2.18. The highest BCUT2D eigenvalue weighted by atomic mass is 16.6. The Bertz CT molecular complexity index is 1360. The van der Waals surface area contributed by atoms with Gasteiger partial charge in [-0.2, -0.15) is 0 Å². The number of rotatable bonds is 46. The normalized spacial score (nSPS) is 13.0. The second-order valence-electron chi connectivity index (χ2n) is 17.0. The summed E-state index contributed by atoms with van der Waals surface area (Å²) in [5.41, 5.74) is 0. The smallest absolute Gasteiger partial charge is 0.306 e. The van der Waals surface area contributed by atoms with Gasteiger partial charge in [-0.05, 0) is 116 Å². The third kappa shape index (κ3) is 50.9. The Labute approximate surface area is 400 Å². The zero-order valence-corrected chi connectivity index (χ0v) is 42.0. The molecule has 0 aromatic heterocycles. The van der Waals surface area contributed by atoms with E-state index in [-0.39, 0.29) is 37.5 Å². The number of esters is 3. The predicted molar refractivity (Wildman–Crippen MR) is 279 cm³/mol. The molecule has 6 nitrogen and oxygen atoms in total. The van der Waals surface area contributed by atoms with Crippen molar-refractivity contribution >= 4 is 17.9 Å². The first-order valence-electron chi connectivity index (χ1n) is 26.4. The van der Waals surface area contributed by atoms with Gasteiger partial charge in [0.05, 0.1) is 0 Å². The van der Waals surface area contributed by atoms with Crippen LogP contribution in [-0.2, 0) is 28.6 Å². The number of ether oxygens (including phenoxy) is 3.